The number of aliphatic imine (C=N–C) groups is 1. The maximum atomic E-state index is 14.5. The van der Waals surface area contributed by atoms with Crippen LogP contribution in [-0.2, 0) is 6.54 Å². The van der Waals surface area contributed by atoms with E-state index in [1.54, 1.807) is 17.8 Å². The van der Waals surface area contributed by atoms with E-state index in [-0.39, 0.29) is 35.9 Å². The van der Waals surface area contributed by atoms with Gasteiger partial charge in [-0.2, -0.15) is 11.8 Å². The lowest BCUT2D eigenvalue weighted by Gasteiger charge is -2.31. The normalized spacial score (nSPS) is 15.5. The van der Waals surface area contributed by atoms with Crippen LogP contribution in [0.25, 0.3) is 0 Å². The van der Waals surface area contributed by atoms with Crippen molar-refractivity contribution in [1.29, 1.82) is 0 Å². The molecule has 0 unspecified atom stereocenters. The van der Waals surface area contributed by atoms with Crippen LogP contribution in [0.2, 0.25) is 0 Å². The van der Waals surface area contributed by atoms with Gasteiger partial charge in [0.25, 0.3) is 0 Å². The average molecular weight is 496 g/mol. The van der Waals surface area contributed by atoms with Gasteiger partial charge in [-0.15, -0.1) is 24.0 Å². The summed E-state index contributed by atoms with van der Waals surface area (Å²) in [5.74, 6) is 1.55. The van der Waals surface area contributed by atoms with Crippen LogP contribution in [0.5, 0.6) is 0 Å². The minimum atomic E-state index is -0.254. The Labute approximate surface area is 177 Å². The molecule has 0 radical (unpaired) electrons. The molecule has 26 heavy (non-hydrogen) atoms. The standard InChI is InChI=1S/C18H29FN4OS.HI/c1-3-20-18(21-8-11-25-2)22-13-14-4-5-17(16(19)12-14)23-9-6-15(24)7-10-23;/h4-5,12,15,24H,3,6-11,13H2,1-2H3,(H2,20,21,22);1H. The highest BCUT2D eigenvalue weighted by Crippen LogP contribution is 2.24. The number of aliphatic hydroxyl groups is 1. The number of hydrogen-bond acceptors (Lipinski definition) is 4. The number of aliphatic hydroxyl groups excluding tert-OH is 1. The van der Waals surface area contributed by atoms with Crippen molar-refractivity contribution in [2.45, 2.75) is 32.4 Å². The smallest absolute Gasteiger partial charge is 0.191 e. The Morgan fingerprint density at radius 2 is 2.08 bits per heavy atom. The highest BCUT2D eigenvalue weighted by atomic mass is 127. The molecule has 0 bridgehead atoms. The van der Waals surface area contributed by atoms with E-state index in [2.05, 4.69) is 21.9 Å². The molecule has 0 saturated carbocycles. The molecular formula is C18H30FIN4OS. The Balaban J connectivity index is 0.00000338. The van der Waals surface area contributed by atoms with Crippen molar-refractivity contribution >= 4 is 47.4 Å². The molecule has 8 heteroatoms. The third kappa shape index (κ3) is 7.48. The van der Waals surface area contributed by atoms with Gasteiger partial charge in [0, 0.05) is 31.9 Å². The molecule has 0 amide bonds. The lowest BCUT2D eigenvalue weighted by Crippen LogP contribution is -2.38. The topological polar surface area (TPSA) is 59.9 Å². The van der Waals surface area contributed by atoms with Crippen LogP contribution in [0, 0.1) is 5.82 Å². The number of guanidine groups is 1. The molecule has 0 atom stereocenters. The van der Waals surface area contributed by atoms with Gasteiger partial charge >= 0.3 is 0 Å². The van der Waals surface area contributed by atoms with Crippen molar-refractivity contribution in [1.82, 2.24) is 10.6 Å². The maximum absolute atomic E-state index is 14.5. The van der Waals surface area contributed by atoms with E-state index >= 15 is 0 Å². The number of halogens is 2. The number of anilines is 1. The van der Waals surface area contributed by atoms with Gasteiger partial charge in [0.1, 0.15) is 5.82 Å². The minimum absolute atomic E-state index is 0. The van der Waals surface area contributed by atoms with Crippen molar-refractivity contribution in [2.24, 2.45) is 4.99 Å². The fourth-order valence-corrected chi connectivity index (χ4v) is 3.10. The first-order chi connectivity index (χ1) is 12.1. The first kappa shape index (κ1) is 23.3. The summed E-state index contributed by atoms with van der Waals surface area (Å²) in [5.41, 5.74) is 1.46. The summed E-state index contributed by atoms with van der Waals surface area (Å²) in [7, 11) is 0. The highest BCUT2D eigenvalue weighted by molar-refractivity contribution is 14.0. The van der Waals surface area contributed by atoms with Gasteiger partial charge in [-0.05, 0) is 43.7 Å². The Morgan fingerprint density at radius 3 is 2.69 bits per heavy atom. The molecule has 1 aliphatic rings. The zero-order chi connectivity index (χ0) is 18.1. The quantitative estimate of drug-likeness (QED) is 0.235. The van der Waals surface area contributed by atoms with Crippen molar-refractivity contribution < 1.29 is 9.50 Å². The van der Waals surface area contributed by atoms with Gasteiger partial charge in [-0.25, -0.2) is 9.38 Å². The Bertz CT molecular complexity index is 568. The molecule has 1 saturated heterocycles. The summed E-state index contributed by atoms with van der Waals surface area (Å²) >= 11 is 1.78. The van der Waals surface area contributed by atoms with Gasteiger partial charge in [0.2, 0.25) is 0 Å². The van der Waals surface area contributed by atoms with E-state index in [1.807, 2.05) is 24.0 Å². The summed E-state index contributed by atoms with van der Waals surface area (Å²) in [6.45, 7) is 5.49. The van der Waals surface area contributed by atoms with Crippen LogP contribution in [0.3, 0.4) is 0 Å². The molecule has 1 aromatic carbocycles. The molecule has 5 nitrogen and oxygen atoms in total. The third-order valence-electron chi connectivity index (χ3n) is 4.18. The maximum Gasteiger partial charge on any atom is 0.191 e. The molecule has 3 N–H and O–H groups in total. The summed E-state index contributed by atoms with van der Waals surface area (Å²) in [4.78, 5) is 6.52. The highest BCUT2D eigenvalue weighted by Gasteiger charge is 2.19. The van der Waals surface area contributed by atoms with Gasteiger partial charge in [-0.1, -0.05) is 6.07 Å². The van der Waals surface area contributed by atoms with Crippen molar-refractivity contribution in [2.75, 3.05) is 43.1 Å². The molecule has 1 heterocycles. The number of rotatable bonds is 7. The number of piperidine rings is 1. The van der Waals surface area contributed by atoms with Crippen molar-refractivity contribution in [3.63, 3.8) is 0 Å². The molecule has 148 valence electrons. The molecule has 0 spiro atoms. The molecule has 1 fully saturated rings. The summed E-state index contributed by atoms with van der Waals surface area (Å²) in [6, 6.07) is 5.32. The van der Waals surface area contributed by atoms with Crippen LogP contribution in [-0.4, -0.2) is 55.4 Å². The molecule has 0 aromatic heterocycles. The zero-order valence-electron chi connectivity index (χ0n) is 15.5. The zero-order valence-corrected chi connectivity index (χ0v) is 18.6. The number of nitrogens with zero attached hydrogens (tertiary/aromatic N) is 2. The number of nitrogens with one attached hydrogen (secondary N) is 2. The third-order valence-corrected chi connectivity index (χ3v) is 4.79. The van der Waals surface area contributed by atoms with Crippen LogP contribution in [0.1, 0.15) is 25.3 Å². The summed E-state index contributed by atoms with van der Waals surface area (Å²) in [5, 5.41) is 16.0. The predicted octanol–water partition coefficient (Wildman–Crippen LogP) is 2.82. The lowest BCUT2D eigenvalue weighted by molar-refractivity contribution is 0.145. The van der Waals surface area contributed by atoms with Crippen LogP contribution < -0.4 is 15.5 Å². The SMILES string of the molecule is CCNC(=NCc1ccc(N2CCC(O)CC2)c(F)c1)NCCSC.I. The molecule has 2 rings (SSSR count). The van der Waals surface area contributed by atoms with E-state index in [0.29, 0.717) is 38.2 Å². The van der Waals surface area contributed by atoms with Gasteiger partial charge in [0.15, 0.2) is 5.96 Å². The second-order valence-corrected chi connectivity index (χ2v) is 7.10. The Hall–Kier alpha value is -0.740. The molecular weight excluding hydrogens is 466 g/mol. The second kappa shape index (κ2) is 12.6. The van der Waals surface area contributed by atoms with E-state index in [4.69, 9.17) is 0 Å². The lowest BCUT2D eigenvalue weighted by atomic mass is 10.1. The van der Waals surface area contributed by atoms with Crippen LogP contribution in [0.15, 0.2) is 23.2 Å². The summed E-state index contributed by atoms with van der Waals surface area (Å²) in [6.07, 6.45) is 3.20. The molecule has 1 aliphatic heterocycles. The Kier molecular flexibility index (Phi) is 11.3. The van der Waals surface area contributed by atoms with E-state index in [0.717, 1.165) is 30.4 Å². The molecule has 0 aliphatic carbocycles. The van der Waals surface area contributed by atoms with Crippen LogP contribution >= 0.6 is 35.7 Å². The first-order valence-corrected chi connectivity index (χ1v) is 10.3. The van der Waals surface area contributed by atoms with E-state index in [1.165, 1.54) is 0 Å². The van der Waals surface area contributed by atoms with E-state index in [9.17, 15) is 9.50 Å². The fraction of sp³-hybridized carbons (Fsp3) is 0.611. The second-order valence-electron chi connectivity index (χ2n) is 6.12. The summed E-state index contributed by atoms with van der Waals surface area (Å²) < 4.78 is 14.5. The van der Waals surface area contributed by atoms with Gasteiger partial charge in [0.05, 0.1) is 18.3 Å². The average Bonchev–Trinajstić information content (AvgIpc) is 2.61. The van der Waals surface area contributed by atoms with Crippen LogP contribution in [0.4, 0.5) is 10.1 Å². The van der Waals surface area contributed by atoms with E-state index < -0.39 is 0 Å². The van der Waals surface area contributed by atoms with Crippen molar-refractivity contribution in [3.05, 3.63) is 29.6 Å². The predicted molar refractivity (Wildman–Crippen MR) is 120 cm³/mol. The first-order valence-electron chi connectivity index (χ1n) is 8.86. The van der Waals surface area contributed by atoms with Crippen molar-refractivity contribution in [3.8, 4) is 0 Å². The number of hydrogen-bond donors (Lipinski definition) is 3. The fourth-order valence-electron chi connectivity index (χ4n) is 2.80. The minimum Gasteiger partial charge on any atom is -0.393 e. The molecule has 1 aromatic rings. The number of benzene rings is 1. The Morgan fingerprint density at radius 1 is 1.35 bits per heavy atom. The largest absolute Gasteiger partial charge is 0.393 e. The van der Waals surface area contributed by atoms with Gasteiger partial charge in [-0.3, -0.25) is 0 Å². The van der Waals surface area contributed by atoms with Gasteiger partial charge < -0.3 is 20.6 Å². The number of thioether (sulfide) groups is 1. The monoisotopic (exact) mass is 496 g/mol.